The van der Waals surface area contributed by atoms with Crippen molar-refractivity contribution in [2.24, 2.45) is 0 Å². The van der Waals surface area contributed by atoms with Gasteiger partial charge in [-0.15, -0.1) is 11.3 Å². The number of rotatable bonds is 5. The molecule has 8 heteroatoms. The van der Waals surface area contributed by atoms with E-state index >= 15 is 0 Å². The summed E-state index contributed by atoms with van der Waals surface area (Å²) in [6.07, 6.45) is 0. The number of methoxy groups -OCH3 is 1. The molecule has 0 unspecified atom stereocenters. The Labute approximate surface area is 181 Å². The molecule has 0 atom stereocenters. The third-order valence-electron chi connectivity index (χ3n) is 5.39. The van der Waals surface area contributed by atoms with Crippen molar-refractivity contribution >= 4 is 27.0 Å². The highest BCUT2D eigenvalue weighted by molar-refractivity contribution is 7.89. The van der Waals surface area contributed by atoms with Gasteiger partial charge in [0, 0.05) is 37.1 Å². The zero-order valence-corrected chi connectivity index (χ0v) is 19.0. The quantitative estimate of drug-likeness (QED) is 0.598. The lowest BCUT2D eigenvalue weighted by atomic mass is 10.1. The summed E-state index contributed by atoms with van der Waals surface area (Å²) in [4.78, 5) is 7.03. The first-order chi connectivity index (χ1) is 14.4. The van der Waals surface area contributed by atoms with Crippen molar-refractivity contribution in [3.05, 3.63) is 58.4 Å². The van der Waals surface area contributed by atoms with Crippen LogP contribution < -0.4 is 9.64 Å². The van der Waals surface area contributed by atoms with Gasteiger partial charge in [-0.05, 0) is 37.6 Å². The number of hydrogen-bond acceptors (Lipinski definition) is 6. The fourth-order valence-electron chi connectivity index (χ4n) is 3.73. The first-order valence-electron chi connectivity index (χ1n) is 9.81. The van der Waals surface area contributed by atoms with Gasteiger partial charge in [-0.2, -0.15) is 4.31 Å². The lowest BCUT2D eigenvalue weighted by Gasteiger charge is -2.36. The molecule has 1 saturated heterocycles. The second-order valence-electron chi connectivity index (χ2n) is 7.30. The van der Waals surface area contributed by atoms with Gasteiger partial charge in [0.2, 0.25) is 10.0 Å². The molecule has 0 aliphatic carbocycles. The number of thiazole rings is 1. The number of para-hydroxylation sites is 2. The third kappa shape index (κ3) is 3.95. The molecular weight excluding hydrogens is 418 g/mol. The van der Waals surface area contributed by atoms with Crippen LogP contribution in [0, 0.1) is 13.8 Å². The molecule has 1 aliphatic rings. The SMILES string of the molecule is COc1ccccc1N1CCN(S(=O)(=O)c2cc(-c3csc(C)n3)ccc2C)CC1. The first kappa shape index (κ1) is 20.8. The minimum Gasteiger partial charge on any atom is -0.495 e. The van der Waals surface area contributed by atoms with Crippen molar-refractivity contribution in [3.63, 3.8) is 0 Å². The summed E-state index contributed by atoms with van der Waals surface area (Å²) in [5.41, 5.74) is 3.39. The number of sulfonamides is 1. The zero-order chi connectivity index (χ0) is 21.3. The predicted octanol–water partition coefficient (Wildman–Crippen LogP) is 3.95. The molecule has 0 amide bonds. The van der Waals surface area contributed by atoms with Gasteiger partial charge >= 0.3 is 0 Å². The average Bonchev–Trinajstić information content (AvgIpc) is 3.20. The second-order valence-corrected chi connectivity index (χ2v) is 10.3. The van der Waals surface area contributed by atoms with E-state index in [1.54, 1.807) is 28.8 Å². The van der Waals surface area contributed by atoms with Crippen LogP contribution in [0.15, 0.2) is 52.7 Å². The topological polar surface area (TPSA) is 62.7 Å². The van der Waals surface area contributed by atoms with Crippen LogP contribution in [-0.4, -0.2) is 51.0 Å². The number of piperazine rings is 1. The van der Waals surface area contributed by atoms with Crippen LogP contribution in [0.5, 0.6) is 5.75 Å². The minimum absolute atomic E-state index is 0.358. The number of aryl methyl sites for hydroxylation is 2. The summed E-state index contributed by atoms with van der Waals surface area (Å²) >= 11 is 1.56. The molecule has 2 aromatic carbocycles. The standard InChI is InChI=1S/C22H25N3O3S2/c1-16-8-9-18(19-15-29-17(2)23-19)14-22(16)30(26,27)25-12-10-24(11-13-25)20-6-4-5-7-21(20)28-3/h4-9,14-15H,10-13H2,1-3H3. The summed E-state index contributed by atoms with van der Waals surface area (Å²) in [7, 11) is -1.93. The van der Waals surface area contributed by atoms with Crippen LogP contribution in [0.1, 0.15) is 10.6 Å². The molecule has 1 fully saturated rings. The van der Waals surface area contributed by atoms with Crippen molar-refractivity contribution in [2.75, 3.05) is 38.2 Å². The van der Waals surface area contributed by atoms with Crippen molar-refractivity contribution in [3.8, 4) is 17.0 Å². The highest BCUT2D eigenvalue weighted by Gasteiger charge is 2.30. The summed E-state index contributed by atoms with van der Waals surface area (Å²) < 4.78 is 33.9. The monoisotopic (exact) mass is 443 g/mol. The smallest absolute Gasteiger partial charge is 0.243 e. The molecule has 4 rings (SSSR count). The van der Waals surface area contributed by atoms with Gasteiger partial charge in [0.1, 0.15) is 5.75 Å². The maximum absolute atomic E-state index is 13.4. The Hall–Kier alpha value is -2.42. The molecule has 0 bridgehead atoms. The molecule has 3 aromatic rings. The predicted molar refractivity (Wildman–Crippen MR) is 121 cm³/mol. The van der Waals surface area contributed by atoms with Crippen LogP contribution in [0.2, 0.25) is 0 Å². The molecule has 0 N–H and O–H groups in total. The molecule has 158 valence electrons. The Bertz CT molecular complexity index is 1150. The Morgan fingerprint density at radius 2 is 1.77 bits per heavy atom. The maximum atomic E-state index is 13.4. The lowest BCUT2D eigenvalue weighted by Crippen LogP contribution is -2.48. The molecule has 2 heterocycles. The van der Waals surface area contributed by atoms with Gasteiger partial charge in [-0.25, -0.2) is 13.4 Å². The molecule has 30 heavy (non-hydrogen) atoms. The minimum atomic E-state index is -3.59. The second kappa shape index (κ2) is 8.37. The normalized spacial score (nSPS) is 15.4. The van der Waals surface area contributed by atoms with Crippen LogP contribution >= 0.6 is 11.3 Å². The number of anilines is 1. The summed E-state index contributed by atoms with van der Waals surface area (Å²) in [5.74, 6) is 0.802. The zero-order valence-electron chi connectivity index (χ0n) is 17.3. The van der Waals surface area contributed by atoms with Crippen LogP contribution in [0.4, 0.5) is 5.69 Å². The summed E-state index contributed by atoms with van der Waals surface area (Å²) in [5, 5.41) is 2.92. The third-order valence-corrected chi connectivity index (χ3v) is 8.20. The van der Waals surface area contributed by atoms with E-state index in [1.165, 1.54) is 0 Å². The van der Waals surface area contributed by atoms with E-state index in [-0.39, 0.29) is 0 Å². The Morgan fingerprint density at radius 1 is 1.03 bits per heavy atom. The number of nitrogens with zero attached hydrogens (tertiary/aromatic N) is 3. The van der Waals surface area contributed by atoms with Crippen LogP contribution in [-0.2, 0) is 10.0 Å². The largest absolute Gasteiger partial charge is 0.495 e. The average molecular weight is 444 g/mol. The first-order valence-corrected chi connectivity index (χ1v) is 12.1. The van der Waals surface area contributed by atoms with Crippen molar-refractivity contribution < 1.29 is 13.2 Å². The van der Waals surface area contributed by atoms with E-state index in [9.17, 15) is 8.42 Å². The molecule has 6 nitrogen and oxygen atoms in total. The highest BCUT2D eigenvalue weighted by atomic mass is 32.2. The van der Waals surface area contributed by atoms with Crippen molar-refractivity contribution in [1.29, 1.82) is 0 Å². The number of hydrogen-bond donors (Lipinski definition) is 0. The van der Waals surface area contributed by atoms with E-state index in [1.807, 2.05) is 55.6 Å². The molecule has 1 aliphatic heterocycles. The highest BCUT2D eigenvalue weighted by Crippen LogP contribution is 2.31. The Morgan fingerprint density at radius 3 is 2.43 bits per heavy atom. The van der Waals surface area contributed by atoms with Crippen LogP contribution in [0.3, 0.4) is 0 Å². The molecule has 0 saturated carbocycles. The summed E-state index contributed by atoms with van der Waals surface area (Å²) in [6, 6.07) is 13.4. The Balaban J connectivity index is 1.56. The summed E-state index contributed by atoms with van der Waals surface area (Å²) in [6.45, 7) is 5.88. The van der Waals surface area contributed by atoms with Gasteiger partial charge in [0.25, 0.3) is 0 Å². The van der Waals surface area contributed by atoms with E-state index < -0.39 is 10.0 Å². The van der Waals surface area contributed by atoms with Crippen molar-refractivity contribution in [2.45, 2.75) is 18.7 Å². The van der Waals surface area contributed by atoms with Gasteiger partial charge in [-0.3, -0.25) is 0 Å². The molecule has 0 spiro atoms. The Kier molecular flexibility index (Phi) is 5.81. The number of ether oxygens (including phenoxy) is 1. The van der Waals surface area contributed by atoms with Gasteiger partial charge in [0.05, 0.1) is 28.4 Å². The number of aromatic nitrogens is 1. The van der Waals surface area contributed by atoms with Crippen LogP contribution in [0.25, 0.3) is 11.3 Å². The van der Waals surface area contributed by atoms with E-state index in [4.69, 9.17) is 4.74 Å². The molecule has 1 aromatic heterocycles. The fourth-order valence-corrected chi connectivity index (χ4v) is 6.03. The fraction of sp³-hybridized carbons (Fsp3) is 0.318. The lowest BCUT2D eigenvalue weighted by molar-refractivity contribution is 0.378. The van der Waals surface area contributed by atoms with E-state index in [0.717, 1.165) is 33.3 Å². The maximum Gasteiger partial charge on any atom is 0.243 e. The molecular formula is C22H25N3O3S2. The van der Waals surface area contributed by atoms with E-state index in [0.29, 0.717) is 31.1 Å². The van der Waals surface area contributed by atoms with Gasteiger partial charge in [-0.1, -0.05) is 24.3 Å². The van der Waals surface area contributed by atoms with Gasteiger partial charge < -0.3 is 9.64 Å². The van der Waals surface area contributed by atoms with E-state index in [2.05, 4.69) is 9.88 Å². The van der Waals surface area contributed by atoms with Crippen molar-refractivity contribution in [1.82, 2.24) is 9.29 Å². The molecule has 0 radical (unpaired) electrons. The number of benzene rings is 2. The van der Waals surface area contributed by atoms with Gasteiger partial charge in [0.15, 0.2) is 0 Å².